The summed E-state index contributed by atoms with van der Waals surface area (Å²) in [5.41, 5.74) is 0.367. The minimum absolute atomic E-state index is 0.268. The molecule has 1 aromatic carbocycles. The Bertz CT molecular complexity index is 423. The zero-order chi connectivity index (χ0) is 11.5. The van der Waals surface area contributed by atoms with Gasteiger partial charge in [-0.25, -0.2) is 4.90 Å². The van der Waals surface area contributed by atoms with Crippen LogP contribution in [-0.4, -0.2) is 22.6 Å². The minimum Gasteiger partial charge on any atom is -0.274 e. The molecule has 2 rings (SSSR count). The van der Waals surface area contributed by atoms with Gasteiger partial charge in [-0.3, -0.25) is 14.4 Å². The molecule has 16 heavy (non-hydrogen) atoms. The average molecular weight is 217 g/mol. The lowest BCUT2D eigenvalue weighted by molar-refractivity contribution is -0.144. The fourth-order valence-corrected chi connectivity index (χ4v) is 1.69. The number of hydrogen-bond donors (Lipinski definition) is 0. The highest BCUT2D eigenvalue weighted by Crippen LogP contribution is 2.15. The van der Waals surface area contributed by atoms with E-state index in [4.69, 9.17) is 0 Å². The second kappa shape index (κ2) is 4.26. The molecule has 1 heterocycles. The molecule has 1 saturated heterocycles. The van der Waals surface area contributed by atoms with E-state index in [0.717, 1.165) is 4.90 Å². The number of benzene rings is 1. The number of imide groups is 3. The van der Waals surface area contributed by atoms with E-state index < -0.39 is 17.7 Å². The van der Waals surface area contributed by atoms with Crippen LogP contribution in [-0.2, 0) is 9.59 Å². The zero-order valence-electron chi connectivity index (χ0n) is 8.68. The fraction of sp³-hybridized carbons (Fsp3) is 0.250. The second-order valence-corrected chi connectivity index (χ2v) is 3.65. The molecular formula is C12H11NO3. The van der Waals surface area contributed by atoms with Crippen LogP contribution < -0.4 is 0 Å². The molecule has 1 aliphatic heterocycles. The first-order chi connectivity index (χ1) is 7.70. The molecule has 1 aliphatic rings. The molecule has 0 saturated carbocycles. The molecule has 0 aromatic heterocycles. The molecule has 0 spiro atoms. The molecule has 0 atom stereocenters. The third kappa shape index (κ3) is 1.86. The summed E-state index contributed by atoms with van der Waals surface area (Å²) in [6.45, 7) is 0. The summed E-state index contributed by atoms with van der Waals surface area (Å²) in [4.78, 5) is 35.7. The molecular weight excluding hydrogens is 206 g/mol. The first-order valence-corrected chi connectivity index (χ1v) is 5.15. The number of hydrogen-bond acceptors (Lipinski definition) is 3. The summed E-state index contributed by atoms with van der Waals surface area (Å²) in [6, 6.07) is 8.36. The normalized spacial score (nSPS) is 16.4. The van der Waals surface area contributed by atoms with Crippen LogP contribution in [0.25, 0.3) is 0 Å². The molecule has 4 heteroatoms. The largest absolute Gasteiger partial charge is 0.274 e. The molecule has 3 amide bonds. The third-order valence-corrected chi connectivity index (χ3v) is 2.50. The summed E-state index contributed by atoms with van der Waals surface area (Å²) in [5, 5.41) is 0. The number of rotatable bonds is 1. The molecule has 0 unspecified atom stereocenters. The zero-order valence-corrected chi connectivity index (χ0v) is 8.68. The maximum Gasteiger partial charge on any atom is 0.267 e. The first kappa shape index (κ1) is 10.5. The number of carbonyl (C=O) groups is 3. The highest BCUT2D eigenvalue weighted by atomic mass is 16.2. The van der Waals surface area contributed by atoms with Crippen LogP contribution in [0.2, 0.25) is 0 Å². The number of likely N-dealkylation sites (tertiary alicyclic amines) is 1. The van der Waals surface area contributed by atoms with Gasteiger partial charge in [-0.1, -0.05) is 18.2 Å². The van der Waals surface area contributed by atoms with Gasteiger partial charge in [0.2, 0.25) is 11.8 Å². The lowest BCUT2D eigenvalue weighted by atomic mass is 10.1. The fourth-order valence-electron chi connectivity index (χ4n) is 1.69. The van der Waals surface area contributed by atoms with E-state index in [9.17, 15) is 14.4 Å². The van der Waals surface area contributed by atoms with Crippen molar-refractivity contribution < 1.29 is 14.4 Å². The van der Waals surface area contributed by atoms with E-state index in [0.29, 0.717) is 12.0 Å². The predicted molar refractivity (Wildman–Crippen MR) is 56.5 cm³/mol. The van der Waals surface area contributed by atoms with Crippen LogP contribution >= 0.6 is 0 Å². The van der Waals surface area contributed by atoms with Crippen molar-refractivity contribution in [3.8, 4) is 0 Å². The maximum absolute atomic E-state index is 11.9. The molecule has 82 valence electrons. The maximum atomic E-state index is 11.9. The number of amides is 3. The van der Waals surface area contributed by atoms with Gasteiger partial charge in [0.25, 0.3) is 5.91 Å². The number of piperidine rings is 1. The Balaban J connectivity index is 2.27. The highest BCUT2D eigenvalue weighted by molar-refractivity contribution is 6.17. The van der Waals surface area contributed by atoms with Crippen LogP contribution in [0.5, 0.6) is 0 Å². The van der Waals surface area contributed by atoms with Crippen molar-refractivity contribution in [3.05, 3.63) is 35.9 Å². The topological polar surface area (TPSA) is 54.5 Å². The van der Waals surface area contributed by atoms with E-state index in [1.54, 1.807) is 30.3 Å². The Morgan fingerprint density at radius 3 is 2.12 bits per heavy atom. The van der Waals surface area contributed by atoms with E-state index in [-0.39, 0.29) is 12.8 Å². The van der Waals surface area contributed by atoms with Crippen LogP contribution in [0.15, 0.2) is 30.3 Å². The van der Waals surface area contributed by atoms with Gasteiger partial charge in [0.1, 0.15) is 0 Å². The average Bonchev–Trinajstić information content (AvgIpc) is 2.30. The summed E-state index contributed by atoms with van der Waals surface area (Å²) in [7, 11) is 0. The monoisotopic (exact) mass is 217 g/mol. The van der Waals surface area contributed by atoms with Gasteiger partial charge in [0.15, 0.2) is 0 Å². The standard InChI is InChI=1S/C12H11NO3/c14-10-7-4-8-11(15)13(10)12(16)9-5-2-1-3-6-9/h1-3,5-6H,4,7-8H2. The lowest BCUT2D eigenvalue weighted by Gasteiger charge is -2.22. The molecule has 0 aliphatic carbocycles. The summed E-state index contributed by atoms with van der Waals surface area (Å²) >= 11 is 0. The van der Waals surface area contributed by atoms with Gasteiger partial charge < -0.3 is 0 Å². The second-order valence-electron chi connectivity index (χ2n) is 3.65. The van der Waals surface area contributed by atoms with E-state index in [1.807, 2.05) is 0 Å². The molecule has 1 aromatic rings. The summed E-state index contributed by atoms with van der Waals surface area (Å²) < 4.78 is 0. The van der Waals surface area contributed by atoms with Crippen molar-refractivity contribution in [2.45, 2.75) is 19.3 Å². The molecule has 0 bridgehead atoms. The van der Waals surface area contributed by atoms with Crippen LogP contribution in [0, 0.1) is 0 Å². The van der Waals surface area contributed by atoms with Gasteiger partial charge in [-0.2, -0.15) is 0 Å². The van der Waals surface area contributed by atoms with Gasteiger partial charge in [-0.05, 0) is 18.6 Å². The molecule has 0 N–H and O–H groups in total. The number of nitrogens with zero attached hydrogens (tertiary/aromatic N) is 1. The molecule has 1 fully saturated rings. The summed E-state index contributed by atoms with van der Waals surface area (Å²) in [6.07, 6.45) is 1.07. The van der Waals surface area contributed by atoms with Crippen LogP contribution in [0.4, 0.5) is 0 Å². The van der Waals surface area contributed by atoms with E-state index in [1.165, 1.54) is 0 Å². The Hall–Kier alpha value is -1.97. The minimum atomic E-state index is -0.518. The Morgan fingerprint density at radius 2 is 1.56 bits per heavy atom. The number of carbonyl (C=O) groups excluding carboxylic acids is 3. The quantitative estimate of drug-likeness (QED) is 0.667. The summed E-state index contributed by atoms with van der Waals surface area (Å²) in [5.74, 6) is -1.31. The van der Waals surface area contributed by atoms with Gasteiger partial charge in [-0.15, -0.1) is 0 Å². The highest BCUT2D eigenvalue weighted by Gasteiger charge is 2.31. The smallest absolute Gasteiger partial charge is 0.267 e. The molecule has 4 nitrogen and oxygen atoms in total. The SMILES string of the molecule is O=C1CCCC(=O)N1C(=O)c1ccccc1. The van der Waals surface area contributed by atoms with Crippen molar-refractivity contribution in [2.75, 3.05) is 0 Å². The van der Waals surface area contributed by atoms with E-state index in [2.05, 4.69) is 0 Å². The van der Waals surface area contributed by atoms with E-state index >= 15 is 0 Å². The van der Waals surface area contributed by atoms with Gasteiger partial charge >= 0.3 is 0 Å². The van der Waals surface area contributed by atoms with Crippen molar-refractivity contribution in [1.82, 2.24) is 4.90 Å². The van der Waals surface area contributed by atoms with Gasteiger partial charge in [0, 0.05) is 18.4 Å². The Morgan fingerprint density at radius 1 is 1.00 bits per heavy atom. The van der Waals surface area contributed by atoms with Crippen molar-refractivity contribution in [2.24, 2.45) is 0 Å². The van der Waals surface area contributed by atoms with Crippen LogP contribution in [0.3, 0.4) is 0 Å². The Labute approximate surface area is 92.9 Å². The van der Waals surface area contributed by atoms with Crippen molar-refractivity contribution >= 4 is 17.7 Å². The first-order valence-electron chi connectivity index (χ1n) is 5.15. The van der Waals surface area contributed by atoms with Crippen molar-refractivity contribution in [1.29, 1.82) is 0 Å². The van der Waals surface area contributed by atoms with Crippen molar-refractivity contribution in [3.63, 3.8) is 0 Å². The predicted octanol–water partition coefficient (Wildman–Crippen LogP) is 1.37. The Kier molecular flexibility index (Phi) is 2.81. The lowest BCUT2D eigenvalue weighted by Crippen LogP contribution is -2.44. The molecule has 0 radical (unpaired) electrons. The van der Waals surface area contributed by atoms with Crippen LogP contribution in [0.1, 0.15) is 29.6 Å². The van der Waals surface area contributed by atoms with Gasteiger partial charge in [0.05, 0.1) is 0 Å². The third-order valence-electron chi connectivity index (χ3n) is 2.50.